The van der Waals surface area contributed by atoms with E-state index in [4.69, 9.17) is 4.74 Å². The molecule has 1 heterocycles. The first-order valence-electron chi connectivity index (χ1n) is 6.38. The molecule has 1 aromatic rings. The third-order valence-corrected chi connectivity index (χ3v) is 5.11. The second kappa shape index (κ2) is 5.75. The highest BCUT2D eigenvalue weighted by Crippen LogP contribution is 2.22. The van der Waals surface area contributed by atoms with Gasteiger partial charge < -0.3 is 4.74 Å². The molecule has 5 nitrogen and oxygen atoms in total. The number of Topliss-reactive ketones (excluding diaryl/α,β-unsaturated/α-hetero) is 1. The van der Waals surface area contributed by atoms with Crippen LogP contribution in [0.25, 0.3) is 0 Å². The van der Waals surface area contributed by atoms with Crippen molar-refractivity contribution in [1.29, 1.82) is 0 Å². The van der Waals surface area contributed by atoms with E-state index < -0.39 is 15.8 Å². The first-order chi connectivity index (χ1) is 9.35. The number of carbonyl (C=O) groups excluding carboxylic acids is 2. The van der Waals surface area contributed by atoms with E-state index in [1.54, 1.807) is 24.3 Å². The van der Waals surface area contributed by atoms with Gasteiger partial charge in [0.1, 0.15) is 5.75 Å². The molecule has 0 aromatic heterocycles. The molecule has 0 N–H and O–H groups in total. The van der Waals surface area contributed by atoms with Crippen LogP contribution < -0.4 is 4.74 Å². The number of benzene rings is 1. The predicted octanol–water partition coefficient (Wildman–Crippen LogP) is 1.62. The van der Waals surface area contributed by atoms with Crippen molar-refractivity contribution in [3.8, 4) is 5.75 Å². The summed E-state index contributed by atoms with van der Waals surface area (Å²) in [6.07, 6.45) is 0.619. The van der Waals surface area contributed by atoms with Crippen LogP contribution in [0.1, 0.15) is 30.1 Å². The average molecular weight is 296 g/mol. The van der Waals surface area contributed by atoms with E-state index in [0.717, 1.165) is 0 Å². The van der Waals surface area contributed by atoms with Crippen molar-refractivity contribution >= 4 is 21.6 Å². The monoisotopic (exact) mass is 296 g/mol. The summed E-state index contributed by atoms with van der Waals surface area (Å²) in [6, 6.07) is 6.29. The van der Waals surface area contributed by atoms with Crippen molar-refractivity contribution in [3.05, 3.63) is 29.8 Å². The minimum atomic E-state index is -2.97. The Morgan fingerprint density at radius 1 is 1.25 bits per heavy atom. The molecule has 0 aliphatic carbocycles. The van der Waals surface area contributed by atoms with Gasteiger partial charge in [-0.05, 0) is 43.5 Å². The molecule has 108 valence electrons. The highest BCUT2D eigenvalue weighted by Gasteiger charge is 2.29. The van der Waals surface area contributed by atoms with Gasteiger partial charge >= 0.3 is 5.97 Å². The van der Waals surface area contributed by atoms with Crippen molar-refractivity contribution in [2.45, 2.75) is 19.8 Å². The summed E-state index contributed by atoms with van der Waals surface area (Å²) in [6.45, 7) is 1.46. The topological polar surface area (TPSA) is 77.5 Å². The Hall–Kier alpha value is -1.69. The van der Waals surface area contributed by atoms with Gasteiger partial charge in [-0.1, -0.05) is 0 Å². The highest BCUT2D eigenvalue weighted by atomic mass is 32.2. The van der Waals surface area contributed by atoms with Crippen LogP contribution in [0.3, 0.4) is 0 Å². The van der Waals surface area contributed by atoms with E-state index in [9.17, 15) is 18.0 Å². The predicted molar refractivity (Wildman–Crippen MR) is 73.5 cm³/mol. The van der Waals surface area contributed by atoms with Crippen LogP contribution in [0.2, 0.25) is 0 Å². The Kier molecular flexibility index (Phi) is 4.23. The lowest BCUT2D eigenvalue weighted by atomic mass is 10.1. The van der Waals surface area contributed by atoms with Gasteiger partial charge in [-0.25, -0.2) is 8.42 Å². The number of ether oxygens (including phenoxy) is 1. The molecule has 0 radical (unpaired) electrons. The summed E-state index contributed by atoms with van der Waals surface area (Å²) in [5, 5.41) is 0. The lowest BCUT2D eigenvalue weighted by molar-refractivity contribution is -0.135. The number of hydrogen-bond donors (Lipinski definition) is 0. The van der Waals surface area contributed by atoms with E-state index in [1.165, 1.54) is 6.92 Å². The normalized spacial score (nSPS) is 20.6. The lowest BCUT2D eigenvalue weighted by Gasteiger charge is -2.08. The van der Waals surface area contributed by atoms with Gasteiger partial charge in [0.15, 0.2) is 15.6 Å². The molecule has 1 aliphatic rings. The zero-order chi connectivity index (χ0) is 14.8. The summed E-state index contributed by atoms with van der Waals surface area (Å²) in [5.74, 6) is -0.0737. The van der Waals surface area contributed by atoms with Gasteiger partial charge in [-0.15, -0.1) is 0 Å². The SMILES string of the molecule is CC(=O)c1ccc(OC(=O)C[C@@H]2CCS(=O)(=O)C2)cc1. The van der Waals surface area contributed by atoms with Gasteiger partial charge in [0.25, 0.3) is 0 Å². The molecule has 1 saturated heterocycles. The van der Waals surface area contributed by atoms with Crippen LogP contribution in [0.5, 0.6) is 5.75 Å². The van der Waals surface area contributed by atoms with Crippen molar-refractivity contribution in [1.82, 2.24) is 0 Å². The summed E-state index contributed by atoms with van der Waals surface area (Å²) in [7, 11) is -2.97. The van der Waals surface area contributed by atoms with E-state index in [0.29, 0.717) is 17.7 Å². The van der Waals surface area contributed by atoms with Crippen molar-refractivity contribution in [2.24, 2.45) is 5.92 Å². The van der Waals surface area contributed by atoms with Crippen LogP contribution in [-0.2, 0) is 14.6 Å². The molecule has 0 saturated carbocycles. The Morgan fingerprint density at radius 2 is 1.90 bits per heavy atom. The number of ketones is 1. The fourth-order valence-corrected chi connectivity index (χ4v) is 4.06. The minimum absolute atomic E-state index is 0.0564. The van der Waals surface area contributed by atoms with E-state index in [-0.39, 0.29) is 29.6 Å². The molecule has 0 bridgehead atoms. The van der Waals surface area contributed by atoms with Crippen molar-refractivity contribution in [3.63, 3.8) is 0 Å². The Labute approximate surface area is 117 Å². The summed E-state index contributed by atoms with van der Waals surface area (Å²) < 4.78 is 27.7. The van der Waals surface area contributed by atoms with Crippen molar-refractivity contribution < 1.29 is 22.7 Å². The summed E-state index contributed by atoms with van der Waals surface area (Å²) >= 11 is 0. The van der Waals surface area contributed by atoms with E-state index in [1.807, 2.05) is 0 Å². The number of hydrogen-bond acceptors (Lipinski definition) is 5. The minimum Gasteiger partial charge on any atom is -0.427 e. The number of sulfone groups is 1. The second-order valence-corrected chi connectivity index (χ2v) is 7.26. The van der Waals surface area contributed by atoms with Crippen molar-refractivity contribution in [2.75, 3.05) is 11.5 Å². The lowest BCUT2D eigenvalue weighted by Crippen LogP contribution is -2.15. The molecular weight excluding hydrogens is 280 g/mol. The van der Waals surface area contributed by atoms with Crippen LogP contribution in [0.4, 0.5) is 0 Å². The standard InChI is InChI=1S/C14H16O5S/c1-10(15)12-2-4-13(5-3-12)19-14(16)8-11-6-7-20(17,18)9-11/h2-5,11H,6-9H2,1H3/t11-/m0/s1. The molecular formula is C14H16O5S. The fraction of sp³-hybridized carbons (Fsp3) is 0.429. The molecule has 1 fully saturated rings. The third kappa shape index (κ3) is 3.90. The highest BCUT2D eigenvalue weighted by molar-refractivity contribution is 7.91. The molecule has 0 unspecified atom stereocenters. The number of carbonyl (C=O) groups is 2. The quantitative estimate of drug-likeness (QED) is 0.479. The molecule has 1 atom stereocenters. The van der Waals surface area contributed by atoms with Gasteiger partial charge in [0.05, 0.1) is 11.5 Å². The molecule has 1 aromatic carbocycles. The smallest absolute Gasteiger partial charge is 0.311 e. The summed E-state index contributed by atoms with van der Waals surface area (Å²) in [4.78, 5) is 22.8. The third-order valence-electron chi connectivity index (χ3n) is 3.27. The van der Waals surface area contributed by atoms with Crippen LogP contribution in [0, 0.1) is 5.92 Å². The fourth-order valence-electron chi connectivity index (χ4n) is 2.20. The second-order valence-electron chi connectivity index (χ2n) is 5.03. The molecule has 0 amide bonds. The van der Waals surface area contributed by atoms with E-state index in [2.05, 4.69) is 0 Å². The molecule has 6 heteroatoms. The molecule has 1 aliphatic heterocycles. The van der Waals surface area contributed by atoms with Gasteiger partial charge in [0, 0.05) is 12.0 Å². The Bertz CT molecular complexity index is 615. The molecule has 20 heavy (non-hydrogen) atoms. The maximum atomic E-state index is 11.7. The Morgan fingerprint density at radius 3 is 2.40 bits per heavy atom. The van der Waals surface area contributed by atoms with Gasteiger partial charge in [-0.3, -0.25) is 9.59 Å². The van der Waals surface area contributed by atoms with Gasteiger partial charge in [-0.2, -0.15) is 0 Å². The largest absolute Gasteiger partial charge is 0.427 e. The average Bonchev–Trinajstić information content (AvgIpc) is 2.69. The molecule has 2 rings (SSSR count). The molecule has 0 spiro atoms. The van der Waals surface area contributed by atoms with E-state index >= 15 is 0 Å². The zero-order valence-corrected chi connectivity index (χ0v) is 12.0. The first-order valence-corrected chi connectivity index (χ1v) is 8.20. The maximum Gasteiger partial charge on any atom is 0.311 e. The number of esters is 1. The van der Waals surface area contributed by atoms with Crippen LogP contribution >= 0.6 is 0 Å². The Balaban J connectivity index is 1.90. The first kappa shape index (κ1) is 14.7. The number of rotatable bonds is 4. The van der Waals surface area contributed by atoms with Crippen LogP contribution in [0.15, 0.2) is 24.3 Å². The van der Waals surface area contributed by atoms with Gasteiger partial charge in [0.2, 0.25) is 0 Å². The van der Waals surface area contributed by atoms with Crippen LogP contribution in [-0.4, -0.2) is 31.7 Å². The summed E-state index contributed by atoms with van der Waals surface area (Å²) in [5.41, 5.74) is 0.548. The zero-order valence-electron chi connectivity index (χ0n) is 11.2. The maximum absolute atomic E-state index is 11.7.